The quantitative estimate of drug-likeness (QED) is 0.644. The summed E-state index contributed by atoms with van der Waals surface area (Å²) in [6, 6.07) is 0.0280. The number of carbonyl (C=O) groups excluding carboxylic acids is 2. The van der Waals surface area contributed by atoms with Gasteiger partial charge in [0.15, 0.2) is 0 Å². The van der Waals surface area contributed by atoms with Crippen molar-refractivity contribution in [2.45, 2.75) is 19.0 Å². The van der Waals surface area contributed by atoms with Crippen LogP contribution in [0.5, 0.6) is 0 Å². The number of thioether (sulfide) groups is 1. The lowest BCUT2D eigenvalue weighted by Crippen LogP contribution is -2.55. The van der Waals surface area contributed by atoms with Gasteiger partial charge in [0.05, 0.1) is 0 Å². The minimum absolute atomic E-state index is 0.0571. The van der Waals surface area contributed by atoms with Crippen LogP contribution in [0.15, 0.2) is 0 Å². The van der Waals surface area contributed by atoms with Crippen molar-refractivity contribution in [1.82, 2.24) is 15.5 Å². The van der Waals surface area contributed by atoms with Gasteiger partial charge in [0.1, 0.15) is 6.04 Å². The molecule has 2 amide bonds. The summed E-state index contributed by atoms with van der Waals surface area (Å²) in [5.74, 6) is 0.623. The van der Waals surface area contributed by atoms with Crippen LogP contribution >= 0.6 is 11.8 Å². The molecule has 0 aromatic carbocycles. The van der Waals surface area contributed by atoms with Crippen LogP contribution in [0.2, 0.25) is 0 Å². The van der Waals surface area contributed by atoms with Gasteiger partial charge in [-0.3, -0.25) is 9.59 Å². The Morgan fingerprint density at radius 3 is 3.00 bits per heavy atom. The van der Waals surface area contributed by atoms with E-state index >= 15 is 0 Å². The first kappa shape index (κ1) is 10.8. The summed E-state index contributed by atoms with van der Waals surface area (Å²) in [6.45, 7) is 4.36. The molecule has 6 heteroatoms. The van der Waals surface area contributed by atoms with Crippen molar-refractivity contribution in [3.05, 3.63) is 0 Å². The first-order valence-electron chi connectivity index (χ1n) is 5.12. The van der Waals surface area contributed by atoms with Gasteiger partial charge in [-0.25, -0.2) is 0 Å². The van der Waals surface area contributed by atoms with Crippen LogP contribution in [0, 0.1) is 0 Å². The Kier molecular flexibility index (Phi) is 3.16. The standard InChI is InChI=1S/C9H15N3O2S/c1-6-4-12(3-2-10-6)8(13)7-5-15-9(14)11-7/h6-7,10H,2-5H2,1H3,(H,11,14). The molecular weight excluding hydrogens is 214 g/mol. The lowest BCUT2D eigenvalue weighted by Gasteiger charge is -2.33. The van der Waals surface area contributed by atoms with E-state index in [1.54, 1.807) is 0 Å². The molecule has 2 saturated heterocycles. The lowest BCUT2D eigenvalue weighted by atomic mass is 10.2. The fourth-order valence-corrected chi connectivity index (χ4v) is 2.64. The Bertz CT molecular complexity index is 285. The summed E-state index contributed by atoms with van der Waals surface area (Å²) in [4.78, 5) is 24.8. The topological polar surface area (TPSA) is 61.4 Å². The minimum Gasteiger partial charge on any atom is -0.338 e. The van der Waals surface area contributed by atoms with E-state index in [1.165, 1.54) is 11.8 Å². The third-order valence-electron chi connectivity index (χ3n) is 2.65. The summed E-state index contributed by atoms with van der Waals surface area (Å²) in [5.41, 5.74) is 0. The van der Waals surface area contributed by atoms with Crippen LogP contribution < -0.4 is 10.6 Å². The molecule has 15 heavy (non-hydrogen) atoms. The second-order valence-corrected chi connectivity index (χ2v) is 4.93. The van der Waals surface area contributed by atoms with Crippen LogP contribution in [0.4, 0.5) is 4.79 Å². The van der Waals surface area contributed by atoms with Crippen molar-refractivity contribution < 1.29 is 9.59 Å². The molecule has 2 aliphatic rings. The van der Waals surface area contributed by atoms with Crippen LogP contribution in [-0.4, -0.2) is 53.5 Å². The van der Waals surface area contributed by atoms with Gasteiger partial charge >= 0.3 is 0 Å². The molecule has 0 radical (unpaired) electrons. The van der Waals surface area contributed by atoms with Gasteiger partial charge in [-0.2, -0.15) is 0 Å². The number of nitrogens with zero attached hydrogens (tertiary/aromatic N) is 1. The van der Waals surface area contributed by atoms with Gasteiger partial charge in [0.25, 0.3) is 5.24 Å². The van der Waals surface area contributed by atoms with Crippen molar-refractivity contribution >= 4 is 22.9 Å². The van der Waals surface area contributed by atoms with Crippen molar-refractivity contribution in [1.29, 1.82) is 0 Å². The predicted octanol–water partition coefficient (Wildman–Crippen LogP) is -0.368. The van der Waals surface area contributed by atoms with Crippen LogP contribution in [0.25, 0.3) is 0 Å². The SMILES string of the molecule is CC1CN(C(=O)C2CSC(=O)N2)CCN1. The molecule has 0 spiro atoms. The molecule has 2 N–H and O–H groups in total. The highest BCUT2D eigenvalue weighted by Crippen LogP contribution is 2.15. The molecule has 0 bridgehead atoms. The highest BCUT2D eigenvalue weighted by Gasteiger charge is 2.32. The van der Waals surface area contributed by atoms with Gasteiger partial charge < -0.3 is 15.5 Å². The van der Waals surface area contributed by atoms with Gasteiger partial charge in [-0.1, -0.05) is 11.8 Å². The summed E-state index contributed by atoms with van der Waals surface area (Å²) in [5, 5.41) is 5.87. The highest BCUT2D eigenvalue weighted by molar-refractivity contribution is 8.14. The molecular formula is C9H15N3O2S. The molecule has 5 nitrogen and oxygen atoms in total. The van der Waals surface area contributed by atoms with E-state index in [-0.39, 0.29) is 17.2 Å². The fourth-order valence-electron chi connectivity index (χ4n) is 1.87. The van der Waals surface area contributed by atoms with E-state index in [2.05, 4.69) is 17.6 Å². The lowest BCUT2D eigenvalue weighted by molar-refractivity contribution is -0.133. The molecule has 0 saturated carbocycles. The minimum atomic E-state index is -0.312. The smallest absolute Gasteiger partial charge is 0.279 e. The third-order valence-corrected chi connectivity index (χ3v) is 3.53. The Hall–Kier alpha value is -0.750. The number of nitrogens with one attached hydrogen (secondary N) is 2. The maximum Gasteiger partial charge on any atom is 0.279 e. The van der Waals surface area contributed by atoms with E-state index in [1.807, 2.05) is 4.90 Å². The Morgan fingerprint density at radius 2 is 2.40 bits per heavy atom. The van der Waals surface area contributed by atoms with E-state index in [0.717, 1.165) is 19.6 Å². The number of hydrogen-bond donors (Lipinski definition) is 2. The average Bonchev–Trinajstić information content (AvgIpc) is 2.64. The summed E-state index contributed by atoms with van der Waals surface area (Å²) >= 11 is 1.19. The summed E-state index contributed by atoms with van der Waals surface area (Å²) < 4.78 is 0. The van der Waals surface area contributed by atoms with Gasteiger partial charge in [0, 0.05) is 31.4 Å². The zero-order chi connectivity index (χ0) is 10.8. The maximum atomic E-state index is 12.0. The number of amides is 2. The molecule has 0 aromatic rings. The van der Waals surface area contributed by atoms with Crippen LogP contribution in [0.1, 0.15) is 6.92 Å². The van der Waals surface area contributed by atoms with Crippen molar-refractivity contribution in [3.8, 4) is 0 Å². The van der Waals surface area contributed by atoms with Gasteiger partial charge in [-0.15, -0.1) is 0 Å². The molecule has 0 aromatic heterocycles. The largest absolute Gasteiger partial charge is 0.338 e. The zero-order valence-electron chi connectivity index (χ0n) is 8.66. The first-order chi connectivity index (χ1) is 7.16. The normalized spacial score (nSPS) is 31.5. The van der Waals surface area contributed by atoms with E-state index in [0.29, 0.717) is 11.8 Å². The highest BCUT2D eigenvalue weighted by atomic mass is 32.2. The summed E-state index contributed by atoms with van der Waals surface area (Å²) in [7, 11) is 0. The van der Waals surface area contributed by atoms with Crippen LogP contribution in [-0.2, 0) is 4.79 Å². The van der Waals surface area contributed by atoms with Crippen molar-refractivity contribution in [3.63, 3.8) is 0 Å². The number of rotatable bonds is 1. The molecule has 2 aliphatic heterocycles. The molecule has 2 unspecified atom stereocenters. The van der Waals surface area contributed by atoms with E-state index in [4.69, 9.17) is 0 Å². The monoisotopic (exact) mass is 229 g/mol. The van der Waals surface area contributed by atoms with Gasteiger partial charge in [0.2, 0.25) is 5.91 Å². The molecule has 0 aliphatic carbocycles. The zero-order valence-corrected chi connectivity index (χ0v) is 9.47. The number of carbonyl (C=O) groups is 2. The second kappa shape index (κ2) is 4.40. The Labute approximate surface area is 93.0 Å². The fraction of sp³-hybridized carbons (Fsp3) is 0.778. The van der Waals surface area contributed by atoms with Crippen LogP contribution in [0.3, 0.4) is 0 Å². The van der Waals surface area contributed by atoms with Gasteiger partial charge in [-0.05, 0) is 6.92 Å². The molecule has 2 rings (SSSR count). The predicted molar refractivity (Wildman–Crippen MR) is 58.8 cm³/mol. The number of hydrogen-bond acceptors (Lipinski definition) is 4. The average molecular weight is 229 g/mol. The second-order valence-electron chi connectivity index (χ2n) is 3.93. The third kappa shape index (κ3) is 2.43. The number of piperazine rings is 1. The first-order valence-corrected chi connectivity index (χ1v) is 6.11. The van der Waals surface area contributed by atoms with Crippen molar-refractivity contribution in [2.75, 3.05) is 25.4 Å². The van der Waals surface area contributed by atoms with E-state index in [9.17, 15) is 9.59 Å². The van der Waals surface area contributed by atoms with Crippen molar-refractivity contribution in [2.24, 2.45) is 0 Å². The Morgan fingerprint density at radius 1 is 1.60 bits per heavy atom. The molecule has 2 fully saturated rings. The Balaban J connectivity index is 1.92. The summed E-state index contributed by atoms with van der Waals surface area (Å²) in [6.07, 6.45) is 0. The molecule has 2 heterocycles. The molecule has 84 valence electrons. The molecule has 2 atom stereocenters. The maximum absolute atomic E-state index is 12.0. The van der Waals surface area contributed by atoms with E-state index < -0.39 is 0 Å².